The largest absolute Gasteiger partial charge is 0.497 e. The topological polar surface area (TPSA) is 71.0 Å². The quantitative estimate of drug-likeness (QED) is 0.588. The van der Waals surface area contributed by atoms with E-state index in [-0.39, 0.29) is 18.2 Å². The molecule has 0 aromatic heterocycles. The molecule has 3 aromatic rings. The summed E-state index contributed by atoms with van der Waals surface area (Å²) >= 11 is 1.31. The number of para-hydroxylation sites is 2. The van der Waals surface area contributed by atoms with Crippen LogP contribution in [-0.2, 0) is 16.1 Å². The molecule has 0 saturated carbocycles. The number of methoxy groups -OCH3 is 1. The zero-order chi connectivity index (χ0) is 22.3. The van der Waals surface area contributed by atoms with E-state index >= 15 is 0 Å². The van der Waals surface area contributed by atoms with Crippen LogP contribution in [0.15, 0.2) is 89.9 Å². The van der Waals surface area contributed by atoms with E-state index in [0.717, 1.165) is 17.0 Å². The molecule has 2 amide bonds. The highest BCUT2D eigenvalue weighted by atomic mass is 32.2. The standard InChI is InChI=1S/C25H23N3O3S/c1-31-21-14-12-18(13-15-21)17-28-23(29)16-22(24(30)26-19-8-4-2-5-9-19)32-25(28)27-20-10-6-3-7-11-20/h2-15,22H,16-17H2,1H3,(H,26,30)/t22-/m0/s1. The molecule has 0 aliphatic carbocycles. The summed E-state index contributed by atoms with van der Waals surface area (Å²) < 4.78 is 5.22. The van der Waals surface area contributed by atoms with Gasteiger partial charge in [-0.15, -0.1) is 0 Å². The van der Waals surface area contributed by atoms with Gasteiger partial charge in [0.15, 0.2) is 5.17 Å². The molecule has 0 unspecified atom stereocenters. The molecule has 7 heteroatoms. The molecule has 0 spiro atoms. The van der Waals surface area contributed by atoms with E-state index in [9.17, 15) is 9.59 Å². The average Bonchev–Trinajstić information content (AvgIpc) is 2.83. The van der Waals surface area contributed by atoms with Gasteiger partial charge >= 0.3 is 0 Å². The number of amidine groups is 1. The lowest BCUT2D eigenvalue weighted by atomic mass is 10.2. The monoisotopic (exact) mass is 445 g/mol. The number of carbonyl (C=O) groups excluding carboxylic acids is 2. The molecule has 1 saturated heterocycles. The number of carbonyl (C=O) groups is 2. The highest BCUT2D eigenvalue weighted by molar-refractivity contribution is 8.15. The first-order valence-corrected chi connectivity index (χ1v) is 11.1. The number of hydrogen-bond acceptors (Lipinski definition) is 5. The second kappa shape index (κ2) is 10.2. The van der Waals surface area contributed by atoms with Crippen molar-refractivity contribution in [2.45, 2.75) is 18.2 Å². The number of nitrogens with zero attached hydrogens (tertiary/aromatic N) is 2. The number of benzene rings is 3. The average molecular weight is 446 g/mol. The maximum absolute atomic E-state index is 13.1. The van der Waals surface area contributed by atoms with Crippen LogP contribution in [0.4, 0.5) is 11.4 Å². The van der Waals surface area contributed by atoms with Crippen molar-refractivity contribution in [2.24, 2.45) is 4.99 Å². The van der Waals surface area contributed by atoms with Gasteiger partial charge in [0, 0.05) is 12.1 Å². The molecule has 6 nitrogen and oxygen atoms in total. The van der Waals surface area contributed by atoms with Gasteiger partial charge in [-0.05, 0) is 42.0 Å². The Morgan fingerprint density at radius 1 is 1.03 bits per heavy atom. The Morgan fingerprint density at radius 2 is 1.69 bits per heavy atom. The third-order valence-electron chi connectivity index (χ3n) is 4.95. The fourth-order valence-corrected chi connectivity index (χ4v) is 4.37. The Bertz CT molecular complexity index is 1100. The van der Waals surface area contributed by atoms with Gasteiger partial charge in [-0.3, -0.25) is 14.5 Å². The van der Waals surface area contributed by atoms with Crippen LogP contribution < -0.4 is 10.1 Å². The number of anilines is 1. The second-order valence-electron chi connectivity index (χ2n) is 7.22. The summed E-state index contributed by atoms with van der Waals surface area (Å²) in [5, 5.41) is 2.85. The number of amides is 2. The number of aliphatic imine (C=N–C) groups is 1. The molecule has 1 fully saturated rings. The number of nitrogens with one attached hydrogen (secondary N) is 1. The predicted molar refractivity (Wildman–Crippen MR) is 128 cm³/mol. The van der Waals surface area contributed by atoms with E-state index in [1.165, 1.54) is 11.8 Å². The summed E-state index contributed by atoms with van der Waals surface area (Å²) in [4.78, 5) is 32.3. The van der Waals surface area contributed by atoms with Crippen LogP contribution in [0.25, 0.3) is 0 Å². The van der Waals surface area contributed by atoms with Crippen LogP contribution in [0.1, 0.15) is 12.0 Å². The Balaban J connectivity index is 1.58. The lowest BCUT2D eigenvalue weighted by Crippen LogP contribution is -2.44. The van der Waals surface area contributed by atoms with Crippen LogP contribution >= 0.6 is 11.8 Å². The lowest BCUT2D eigenvalue weighted by molar-refractivity contribution is -0.129. The Kier molecular flexibility index (Phi) is 6.87. The molecular weight excluding hydrogens is 422 g/mol. The molecule has 0 radical (unpaired) electrons. The summed E-state index contributed by atoms with van der Waals surface area (Å²) in [5.74, 6) is 0.408. The van der Waals surface area contributed by atoms with Crippen LogP contribution in [0, 0.1) is 0 Å². The van der Waals surface area contributed by atoms with Crippen LogP contribution in [0.3, 0.4) is 0 Å². The van der Waals surface area contributed by atoms with E-state index in [0.29, 0.717) is 17.4 Å². The van der Waals surface area contributed by atoms with Crippen molar-refractivity contribution in [3.63, 3.8) is 0 Å². The van der Waals surface area contributed by atoms with Gasteiger partial charge in [0.05, 0.1) is 19.3 Å². The first-order chi connectivity index (χ1) is 15.6. The van der Waals surface area contributed by atoms with Crippen molar-refractivity contribution in [3.8, 4) is 5.75 Å². The fourth-order valence-electron chi connectivity index (χ4n) is 3.27. The summed E-state index contributed by atoms with van der Waals surface area (Å²) in [6, 6.07) is 26.2. The van der Waals surface area contributed by atoms with Crippen molar-refractivity contribution in [1.29, 1.82) is 0 Å². The minimum atomic E-state index is -0.558. The third kappa shape index (κ3) is 5.36. The van der Waals surface area contributed by atoms with E-state index in [2.05, 4.69) is 5.32 Å². The first kappa shape index (κ1) is 21.6. The van der Waals surface area contributed by atoms with E-state index in [1.807, 2.05) is 84.9 Å². The highest BCUT2D eigenvalue weighted by Gasteiger charge is 2.36. The molecular formula is C25H23N3O3S. The van der Waals surface area contributed by atoms with Gasteiger partial charge in [0.2, 0.25) is 11.8 Å². The van der Waals surface area contributed by atoms with Gasteiger partial charge in [-0.25, -0.2) is 4.99 Å². The molecule has 162 valence electrons. The van der Waals surface area contributed by atoms with E-state index in [1.54, 1.807) is 12.0 Å². The molecule has 1 N–H and O–H groups in total. The fraction of sp³-hybridized carbons (Fsp3) is 0.160. The van der Waals surface area contributed by atoms with Crippen molar-refractivity contribution in [3.05, 3.63) is 90.5 Å². The van der Waals surface area contributed by atoms with Crippen molar-refractivity contribution in [1.82, 2.24) is 4.90 Å². The Morgan fingerprint density at radius 3 is 2.34 bits per heavy atom. The summed E-state index contributed by atoms with van der Waals surface area (Å²) in [5.41, 5.74) is 2.38. The molecule has 4 rings (SSSR count). The molecule has 1 atom stereocenters. The maximum Gasteiger partial charge on any atom is 0.238 e. The van der Waals surface area contributed by atoms with Crippen molar-refractivity contribution >= 4 is 40.1 Å². The first-order valence-electron chi connectivity index (χ1n) is 10.2. The van der Waals surface area contributed by atoms with Crippen molar-refractivity contribution < 1.29 is 14.3 Å². The highest BCUT2D eigenvalue weighted by Crippen LogP contribution is 2.31. The third-order valence-corrected chi connectivity index (χ3v) is 6.14. The summed E-state index contributed by atoms with van der Waals surface area (Å²) in [6.45, 7) is 0.370. The van der Waals surface area contributed by atoms with Crippen LogP contribution in [0.5, 0.6) is 5.75 Å². The minimum absolute atomic E-state index is 0.104. The van der Waals surface area contributed by atoms with Gasteiger partial charge in [0.1, 0.15) is 11.0 Å². The van der Waals surface area contributed by atoms with Gasteiger partial charge in [0.25, 0.3) is 0 Å². The van der Waals surface area contributed by atoms with Gasteiger partial charge < -0.3 is 10.1 Å². The molecule has 1 aliphatic heterocycles. The van der Waals surface area contributed by atoms with Crippen LogP contribution in [-0.4, -0.2) is 34.2 Å². The Hall–Kier alpha value is -3.58. The van der Waals surface area contributed by atoms with Crippen LogP contribution in [0.2, 0.25) is 0 Å². The molecule has 1 heterocycles. The Labute approximate surface area is 191 Å². The molecule has 1 aliphatic rings. The van der Waals surface area contributed by atoms with Gasteiger partial charge in [-0.1, -0.05) is 60.3 Å². The van der Waals surface area contributed by atoms with E-state index in [4.69, 9.17) is 9.73 Å². The van der Waals surface area contributed by atoms with Gasteiger partial charge in [-0.2, -0.15) is 0 Å². The molecule has 0 bridgehead atoms. The SMILES string of the molecule is COc1ccc(CN2C(=O)C[C@@H](C(=O)Nc3ccccc3)SC2=Nc2ccccc2)cc1. The molecule has 32 heavy (non-hydrogen) atoms. The normalized spacial score (nSPS) is 17.3. The van der Waals surface area contributed by atoms with E-state index < -0.39 is 5.25 Å². The second-order valence-corrected chi connectivity index (χ2v) is 8.39. The zero-order valence-electron chi connectivity index (χ0n) is 17.6. The number of ether oxygens (including phenoxy) is 1. The predicted octanol–water partition coefficient (Wildman–Crippen LogP) is 4.86. The molecule has 3 aromatic carbocycles. The minimum Gasteiger partial charge on any atom is -0.497 e. The number of rotatable bonds is 6. The smallest absolute Gasteiger partial charge is 0.238 e. The summed E-state index contributed by atoms with van der Waals surface area (Å²) in [6.07, 6.45) is 0.104. The maximum atomic E-state index is 13.1. The van der Waals surface area contributed by atoms with Crippen molar-refractivity contribution in [2.75, 3.05) is 12.4 Å². The zero-order valence-corrected chi connectivity index (χ0v) is 18.4. The number of hydrogen-bond donors (Lipinski definition) is 1. The summed E-state index contributed by atoms with van der Waals surface area (Å²) in [7, 11) is 1.62. The number of thioether (sulfide) groups is 1. The lowest BCUT2D eigenvalue weighted by Gasteiger charge is -2.32.